The van der Waals surface area contributed by atoms with Crippen molar-refractivity contribution < 1.29 is 0 Å². The molecule has 2 nitrogen and oxygen atoms in total. The first-order valence-corrected chi connectivity index (χ1v) is 7.97. The Morgan fingerprint density at radius 2 is 2.00 bits per heavy atom. The van der Waals surface area contributed by atoms with Gasteiger partial charge in [-0.1, -0.05) is 44.2 Å². The lowest BCUT2D eigenvalue weighted by molar-refractivity contribution is 0.211. The molecule has 1 aliphatic rings. The van der Waals surface area contributed by atoms with E-state index in [-0.39, 0.29) is 5.41 Å². The third kappa shape index (κ3) is 4.32. The summed E-state index contributed by atoms with van der Waals surface area (Å²) < 4.78 is 0. The predicted molar refractivity (Wildman–Crippen MR) is 87.2 cm³/mol. The molecule has 0 aromatic heterocycles. The molecular weight excluding hydrogens is 244 g/mol. The molecule has 0 saturated carbocycles. The number of hydrogen-bond acceptors (Lipinski definition) is 2. The van der Waals surface area contributed by atoms with Gasteiger partial charge in [-0.2, -0.15) is 0 Å². The van der Waals surface area contributed by atoms with Gasteiger partial charge in [0.15, 0.2) is 0 Å². The molecule has 20 heavy (non-hydrogen) atoms. The van der Waals surface area contributed by atoms with Crippen LogP contribution in [0.2, 0.25) is 0 Å². The molecule has 1 aromatic rings. The van der Waals surface area contributed by atoms with E-state index in [4.69, 9.17) is 0 Å². The first-order chi connectivity index (χ1) is 9.47. The summed E-state index contributed by atoms with van der Waals surface area (Å²) in [7, 11) is 2.23. The first kappa shape index (κ1) is 15.5. The van der Waals surface area contributed by atoms with Gasteiger partial charge in [-0.05, 0) is 50.8 Å². The number of piperidine rings is 1. The fourth-order valence-electron chi connectivity index (χ4n) is 3.54. The average Bonchev–Trinajstić information content (AvgIpc) is 2.39. The van der Waals surface area contributed by atoms with Crippen LogP contribution in [0.15, 0.2) is 30.3 Å². The summed E-state index contributed by atoms with van der Waals surface area (Å²) in [5, 5.41) is 3.83. The summed E-state index contributed by atoms with van der Waals surface area (Å²) in [6.45, 7) is 9.48. The van der Waals surface area contributed by atoms with Crippen LogP contribution < -0.4 is 5.32 Å². The standard InChI is InChI=1S/C18H30N2/c1-15(19-17-11-8-12-20(4)14-17)13-18(2,3)16-9-6-5-7-10-16/h5-7,9-10,15,17,19H,8,11-14H2,1-4H3. The third-order valence-electron chi connectivity index (χ3n) is 4.52. The van der Waals surface area contributed by atoms with Gasteiger partial charge >= 0.3 is 0 Å². The van der Waals surface area contributed by atoms with E-state index in [1.165, 1.54) is 37.9 Å². The highest BCUT2D eigenvalue weighted by atomic mass is 15.1. The quantitative estimate of drug-likeness (QED) is 0.885. The molecule has 1 fully saturated rings. The summed E-state index contributed by atoms with van der Waals surface area (Å²) in [6.07, 6.45) is 3.82. The number of hydrogen-bond donors (Lipinski definition) is 1. The predicted octanol–water partition coefficient (Wildman–Crippen LogP) is 3.43. The summed E-state index contributed by atoms with van der Waals surface area (Å²) in [5.41, 5.74) is 1.67. The molecular formula is C18H30N2. The van der Waals surface area contributed by atoms with Crippen molar-refractivity contribution in [2.24, 2.45) is 0 Å². The number of rotatable bonds is 5. The van der Waals surface area contributed by atoms with Crippen molar-refractivity contribution in [3.05, 3.63) is 35.9 Å². The summed E-state index contributed by atoms with van der Waals surface area (Å²) >= 11 is 0. The topological polar surface area (TPSA) is 15.3 Å². The Morgan fingerprint density at radius 3 is 2.65 bits per heavy atom. The fraction of sp³-hybridized carbons (Fsp3) is 0.667. The number of benzene rings is 1. The summed E-state index contributed by atoms with van der Waals surface area (Å²) in [4.78, 5) is 2.44. The minimum atomic E-state index is 0.230. The van der Waals surface area contributed by atoms with Gasteiger partial charge in [0.25, 0.3) is 0 Å². The monoisotopic (exact) mass is 274 g/mol. The Balaban J connectivity index is 1.88. The van der Waals surface area contributed by atoms with E-state index in [1.807, 2.05) is 0 Å². The lowest BCUT2D eigenvalue weighted by Crippen LogP contribution is -2.48. The Kier molecular flexibility index (Phi) is 5.22. The molecule has 1 heterocycles. The van der Waals surface area contributed by atoms with Crippen LogP contribution in [0.4, 0.5) is 0 Å². The average molecular weight is 274 g/mol. The van der Waals surface area contributed by atoms with E-state index in [2.05, 4.69) is 68.4 Å². The number of nitrogens with zero attached hydrogens (tertiary/aromatic N) is 1. The second kappa shape index (κ2) is 6.73. The molecule has 1 saturated heterocycles. The second-order valence-electron chi connectivity index (χ2n) is 7.12. The normalized spacial score (nSPS) is 22.7. The smallest absolute Gasteiger partial charge is 0.0197 e. The maximum atomic E-state index is 3.83. The molecule has 1 aliphatic heterocycles. The molecule has 2 heteroatoms. The van der Waals surface area contributed by atoms with E-state index in [0.717, 1.165) is 0 Å². The molecule has 0 radical (unpaired) electrons. The van der Waals surface area contributed by atoms with E-state index in [1.54, 1.807) is 0 Å². The Bertz CT molecular complexity index is 399. The van der Waals surface area contributed by atoms with Gasteiger partial charge in [-0.15, -0.1) is 0 Å². The van der Waals surface area contributed by atoms with Crippen molar-refractivity contribution in [3.63, 3.8) is 0 Å². The highest BCUT2D eigenvalue weighted by molar-refractivity contribution is 5.23. The maximum absolute atomic E-state index is 3.83. The Labute approximate surface area is 124 Å². The van der Waals surface area contributed by atoms with E-state index in [0.29, 0.717) is 12.1 Å². The minimum Gasteiger partial charge on any atom is -0.310 e. The van der Waals surface area contributed by atoms with Crippen LogP contribution in [0.1, 0.15) is 45.6 Å². The van der Waals surface area contributed by atoms with Gasteiger partial charge in [0.1, 0.15) is 0 Å². The molecule has 1 aromatic carbocycles. The zero-order chi connectivity index (χ0) is 14.6. The van der Waals surface area contributed by atoms with Gasteiger partial charge < -0.3 is 10.2 Å². The maximum Gasteiger partial charge on any atom is 0.0197 e. The van der Waals surface area contributed by atoms with Crippen LogP contribution in [0.3, 0.4) is 0 Å². The molecule has 0 aliphatic carbocycles. The molecule has 2 atom stereocenters. The number of likely N-dealkylation sites (N-methyl/N-ethyl adjacent to an activating group) is 1. The Hall–Kier alpha value is -0.860. The summed E-state index contributed by atoms with van der Waals surface area (Å²) in [6, 6.07) is 12.1. The van der Waals surface area contributed by atoms with Gasteiger partial charge in [-0.3, -0.25) is 0 Å². The van der Waals surface area contributed by atoms with Gasteiger partial charge in [0.05, 0.1) is 0 Å². The largest absolute Gasteiger partial charge is 0.310 e. The van der Waals surface area contributed by atoms with Crippen LogP contribution in [0, 0.1) is 0 Å². The van der Waals surface area contributed by atoms with Gasteiger partial charge in [0.2, 0.25) is 0 Å². The molecule has 1 N–H and O–H groups in total. The fourth-order valence-corrected chi connectivity index (χ4v) is 3.54. The molecule has 2 unspecified atom stereocenters. The SMILES string of the molecule is CC(CC(C)(C)c1ccccc1)NC1CCCN(C)C1. The highest BCUT2D eigenvalue weighted by Gasteiger charge is 2.25. The Morgan fingerprint density at radius 1 is 1.30 bits per heavy atom. The zero-order valence-electron chi connectivity index (χ0n) is 13.5. The van der Waals surface area contributed by atoms with Gasteiger partial charge in [0, 0.05) is 18.6 Å². The summed E-state index contributed by atoms with van der Waals surface area (Å²) in [5.74, 6) is 0. The van der Waals surface area contributed by atoms with E-state index >= 15 is 0 Å². The second-order valence-corrected chi connectivity index (χ2v) is 7.12. The van der Waals surface area contributed by atoms with Crippen LogP contribution in [0.5, 0.6) is 0 Å². The third-order valence-corrected chi connectivity index (χ3v) is 4.52. The molecule has 2 rings (SSSR count). The molecule has 112 valence electrons. The molecule has 0 spiro atoms. The first-order valence-electron chi connectivity index (χ1n) is 7.97. The highest BCUT2D eigenvalue weighted by Crippen LogP contribution is 2.28. The number of nitrogens with one attached hydrogen (secondary N) is 1. The van der Waals surface area contributed by atoms with Crippen molar-refractivity contribution in [1.82, 2.24) is 10.2 Å². The van der Waals surface area contributed by atoms with Crippen molar-refractivity contribution in [1.29, 1.82) is 0 Å². The molecule has 0 bridgehead atoms. The van der Waals surface area contributed by atoms with Crippen LogP contribution >= 0.6 is 0 Å². The van der Waals surface area contributed by atoms with Crippen LogP contribution in [0.25, 0.3) is 0 Å². The van der Waals surface area contributed by atoms with E-state index in [9.17, 15) is 0 Å². The van der Waals surface area contributed by atoms with Gasteiger partial charge in [-0.25, -0.2) is 0 Å². The lowest BCUT2D eigenvalue weighted by atomic mass is 9.79. The van der Waals surface area contributed by atoms with E-state index < -0.39 is 0 Å². The molecule has 0 amide bonds. The minimum absolute atomic E-state index is 0.230. The zero-order valence-corrected chi connectivity index (χ0v) is 13.5. The van der Waals surface area contributed by atoms with Crippen molar-refractivity contribution >= 4 is 0 Å². The number of likely N-dealkylation sites (tertiary alicyclic amines) is 1. The van der Waals surface area contributed by atoms with Crippen LogP contribution in [-0.4, -0.2) is 37.1 Å². The van der Waals surface area contributed by atoms with Crippen molar-refractivity contribution in [2.75, 3.05) is 20.1 Å². The lowest BCUT2D eigenvalue weighted by Gasteiger charge is -2.35. The van der Waals surface area contributed by atoms with Crippen molar-refractivity contribution in [2.45, 2.75) is 57.5 Å². The van der Waals surface area contributed by atoms with Crippen LogP contribution in [-0.2, 0) is 5.41 Å². The van der Waals surface area contributed by atoms with Crippen molar-refractivity contribution in [3.8, 4) is 0 Å².